The van der Waals surface area contributed by atoms with Crippen LogP contribution in [0.3, 0.4) is 0 Å². The Morgan fingerprint density at radius 1 is 1.14 bits per heavy atom. The van der Waals surface area contributed by atoms with E-state index in [1.54, 1.807) is 44.4 Å². The molecule has 1 aliphatic rings. The first-order chi connectivity index (χ1) is 13.5. The van der Waals surface area contributed by atoms with Crippen molar-refractivity contribution in [3.8, 4) is 17.2 Å². The predicted octanol–water partition coefficient (Wildman–Crippen LogP) is 3.81. The van der Waals surface area contributed by atoms with Crippen molar-refractivity contribution in [3.05, 3.63) is 71.5 Å². The maximum absolute atomic E-state index is 12.5. The molecule has 0 N–H and O–H groups in total. The molecule has 144 valence electrons. The fraction of sp³-hybridized carbons (Fsp3) is 0.182. The van der Waals surface area contributed by atoms with Gasteiger partial charge in [0, 0.05) is 11.6 Å². The number of hydrogen-bond acceptors (Lipinski definition) is 6. The van der Waals surface area contributed by atoms with E-state index in [2.05, 4.69) is 4.74 Å². The van der Waals surface area contributed by atoms with E-state index in [0.29, 0.717) is 17.1 Å². The summed E-state index contributed by atoms with van der Waals surface area (Å²) in [5.41, 5.74) is 1.33. The molecule has 6 heteroatoms. The summed E-state index contributed by atoms with van der Waals surface area (Å²) in [5, 5.41) is 0. The van der Waals surface area contributed by atoms with Crippen molar-refractivity contribution in [2.45, 2.75) is 13.0 Å². The quantitative estimate of drug-likeness (QED) is 0.561. The number of para-hydroxylation sites is 1. The van der Waals surface area contributed by atoms with E-state index in [1.165, 1.54) is 7.11 Å². The van der Waals surface area contributed by atoms with Gasteiger partial charge in [-0.3, -0.25) is 4.79 Å². The number of carbonyl (C=O) groups excluding carboxylic acids is 2. The number of ether oxygens (including phenoxy) is 4. The average molecular weight is 380 g/mol. The van der Waals surface area contributed by atoms with Crippen LogP contribution in [-0.4, -0.2) is 32.1 Å². The number of carbonyl (C=O) groups is 2. The number of esters is 1. The summed E-state index contributed by atoms with van der Waals surface area (Å²) in [7, 11) is 2.90. The largest absolute Gasteiger partial charge is 0.496 e. The molecule has 0 amide bonds. The van der Waals surface area contributed by atoms with E-state index in [4.69, 9.17) is 14.2 Å². The summed E-state index contributed by atoms with van der Waals surface area (Å²) in [6.45, 7) is 1.58. The van der Waals surface area contributed by atoms with Gasteiger partial charge in [0.05, 0.1) is 19.8 Å². The van der Waals surface area contributed by atoms with Gasteiger partial charge in [-0.05, 0) is 31.2 Å². The van der Waals surface area contributed by atoms with Gasteiger partial charge in [-0.15, -0.1) is 0 Å². The summed E-state index contributed by atoms with van der Waals surface area (Å²) in [4.78, 5) is 24.0. The van der Waals surface area contributed by atoms with Crippen LogP contribution in [0.15, 0.2) is 60.4 Å². The van der Waals surface area contributed by atoms with E-state index in [0.717, 1.165) is 11.3 Å². The summed E-state index contributed by atoms with van der Waals surface area (Å²) in [6, 6.07) is 12.4. The second-order valence-corrected chi connectivity index (χ2v) is 6.00. The SMILES string of the molecule is COC(=O)[C@@H](C)Oc1ccc2c(c1)OC(=CC=Cc1ccccc1OC)C2=O. The minimum absolute atomic E-state index is 0.208. The van der Waals surface area contributed by atoms with E-state index >= 15 is 0 Å². The summed E-state index contributed by atoms with van der Waals surface area (Å²) >= 11 is 0. The smallest absolute Gasteiger partial charge is 0.346 e. The lowest BCUT2D eigenvalue weighted by atomic mass is 10.1. The standard InChI is InChI=1S/C22H20O6/c1-14(22(24)26-3)27-16-11-12-17-20(13-16)28-19(21(17)23)10-6-8-15-7-4-5-9-18(15)25-2/h4-14H,1-3H3/t14-/m1/s1. The van der Waals surface area contributed by atoms with Crippen LogP contribution in [0.1, 0.15) is 22.8 Å². The van der Waals surface area contributed by atoms with Gasteiger partial charge in [-0.1, -0.05) is 30.4 Å². The monoisotopic (exact) mass is 380 g/mol. The molecule has 2 aromatic rings. The molecule has 0 radical (unpaired) electrons. The first-order valence-corrected chi connectivity index (χ1v) is 8.66. The fourth-order valence-corrected chi connectivity index (χ4v) is 2.72. The molecule has 1 heterocycles. The predicted molar refractivity (Wildman–Crippen MR) is 104 cm³/mol. The minimum Gasteiger partial charge on any atom is -0.496 e. The Labute approximate surface area is 163 Å². The molecule has 0 fully saturated rings. The first-order valence-electron chi connectivity index (χ1n) is 8.66. The van der Waals surface area contributed by atoms with Crippen LogP contribution in [0.2, 0.25) is 0 Å². The molecule has 2 aromatic carbocycles. The lowest BCUT2D eigenvalue weighted by Gasteiger charge is -2.12. The van der Waals surface area contributed by atoms with Crippen molar-refractivity contribution in [2.75, 3.05) is 14.2 Å². The third-order valence-electron chi connectivity index (χ3n) is 4.15. The lowest BCUT2D eigenvalue weighted by molar-refractivity contribution is -0.147. The Balaban J connectivity index is 1.75. The van der Waals surface area contributed by atoms with E-state index < -0.39 is 12.1 Å². The maximum Gasteiger partial charge on any atom is 0.346 e. The third-order valence-corrected chi connectivity index (χ3v) is 4.15. The van der Waals surface area contributed by atoms with Crippen LogP contribution in [0.5, 0.6) is 17.2 Å². The van der Waals surface area contributed by atoms with Crippen LogP contribution in [-0.2, 0) is 9.53 Å². The van der Waals surface area contributed by atoms with Gasteiger partial charge < -0.3 is 18.9 Å². The molecule has 3 rings (SSSR count). The number of rotatable bonds is 6. The van der Waals surface area contributed by atoms with Crippen molar-refractivity contribution in [2.24, 2.45) is 0 Å². The van der Waals surface area contributed by atoms with Crippen LogP contribution < -0.4 is 14.2 Å². The Bertz CT molecular complexity index is 957. The number of methoxy groups -OCH3 is 2. The molecule has 1 atom stereocenters. The van der Waals surface area contributed by atoms with Gasteiger partial charge >= 0.3 is 5.97 Å². The third kappa shape index (κ3) is 4.06. The zero-order valence-corrected chi connectivity index (χ0v) is 15.8. The van der Waals surface area contributed by atoms with Gasteiger partial charge in [-0.25, -0.2) is 4.79 Å². The van der Waals surface area contributed by atoms with Crippen LogP contribution in [0.4, 0.5) is 0 Å². The molecule has 6 nitrogen and oxygen atoms in total. The van der Waals surface area contributed by atoms with Crippen molar-refractivity contribution < 1.29 is 28.5 Å². The lowest BCUT2D eigenvalue weighted by Crippen LogP contribution is -2.24. The molecule has 0 unspecified atom stereocenters. The number of benzene rings is 2. The molecule has 0 aliphatic carbocycles. The normalized spacial score (nSPS) is 15.2. The van der Waals surface area contributed by atoms with Crippen LogP contribution in [0.25, 0.3) is 6.08 Å². The molecular formula is C22H20O6. The maximum atomic E-state index is 12.5. The minimum atomic E-state index is -0.765. The van der Waals surface area contributed by atoms with Crippen LogP contribution in [0, 0.1) is 0 Å². The second-order valence-electron chi connectivity index (χ2n) is 6.00. The van der Waals surface area contributed by atoms with Crippen molar-refractivity contribution in [1.29, 1.82) is 0 Å². The number of ketones is 1. The molecule has 0 saturated heterocycles. The Kier molecular flexibility index (Phi) is 5.79. The van der Waals surface area contributed by atoms with Crippen molar-refractivity contribution in [1.82, 2.24) is 0 Å². The number of Topliss-reactive ketones (excluding diaryl/α,β-unsaturated/α-hetero) is 1. The number of fused-ring (bicyclic) bond motifs is 1. The van der Waals surface area contributed by atoms with Crippen molar-refractivity contribution in [3.63, 3.8) is 0 Å². The zero-order valence-electron chi connectivity index (χ0n) is 15.8. The Morgan fingerprint density at radius 3 is 2.68 bits per heavy atom. The number of hydrogen-bond donors (Lipinski definition) is 0. The topological polar surface area (TPSA) is 71.1 Å². The molecule has 0 saturated carbocycles. The molecular weight excluding hydrogens is 360 g/mol. The second kappa shape index (κ2) is 8.43. The summed E-state index contributed by atoms with van der Waals surface area (Å²) < 4.78 is 21.1. The molecule has 1 aliphatic heterocycles. The molecule has 0 bridgehead atoms. The van der Waals surface area contributed by atoms with Crippen LogP contribution >= 0.6 is 0 Å². The summed E-state index contributed by atoms with van der Waals surface area (Å²) in [6.07, 6.45) is 4.40. The van der Waals surface area contributed by atoms with E-state index in [1.807, 2.05) is 30.3 Å². The van der Waals surface area contributed by atoms with Gasteiger partial charge in [0.2, 0.25) is 5.78 Å². The molecule has 0 spiro atoms. The zero-order chi connectivity index (χ0) is 20.1. The summed E-state index contributed by atoms with van der Waals surface area (Å²) in [5.74, 6) is 1.04. The van der Waals surface area contributed by atoms with E-state index in [9.17, 15) is 9.59 Å². The Hall–Kier alpha value is -3.54. The highest BCUT2D eigenvalue weighted by atomic mass is 16.6. The Morgan fingerprint density at radius 2 is 1.93 bits per heavy atom. The molecule has 0 aromatic heterocycles. The van der Waals surface area contributed by atoms with Crippen molar-refractivity contribution >= 4 is 17.8 Å². The van der Waals surface area contributed by atoms with Gasteiger partial charge in [0.1, 0.15) is 17.2 Å². The average Bonchev–Trinajstić information content (AvgIpc) is 3.02. The van der Waals surface area contributed by atoms with Gasteiger partial charge in [-0.2, -0.15) is 0 Å². The first kappa shape index (κ1) is 19.2. The van der Waals surface area contributed by atoms with Gasteiger partial charge in [0.25, 0.3) is 0 Å². The number of allylic oxidation sites excluding steroid dienone is 3. The highest BCUT2D eigenvalue weighted by Crippen LogP contribution is 2.34. The highest BCUT2D eigenvalue weighted by Gasteiger charge is 2.27. The fourth-order valence-electron chi connectivity index (χ4n) is 2.72. The highest BCUT2D eigenvalue weighted by molar-refractivity contribution is 6.12. The molecule has 28 heavy (non-hydrogen) atoms. The van der Waals surface area contributed by atoms with E-state index in [-0.39, 0.29) is 11.5 Å². The van der Waals surface area contributed by atoms with Gasteiger partial charge in [0.15, 0.2) is 11.9 Å².